The normalized spacial score (nSPS) is 14.8. The van der Waals surface area contributed by atoms with E-state index in [1.54, 1.807) is 0 Å². The summed E-state index contributed by atoms with van der Waals surface area (Å²) in [5.41, 5.74) is 0. The van der Waals surface area contributed by atoms with E-state index < -0.39 is 27.0 Å². The van der Waals surface area contributed by atoms with Crippen LogP contribution in [-0.4, -0.2) is 65.3 Å². The zero-order valence-electron chi connectivity index (χ0n) is 5.99. The van der Waals surface area contributed by atoms with Gasteiger partial charge in [-0.05, 0) is 0 Å². The van der Waals surface area contributed by atoms with Gasteiger partial charge in [0.05, 0.1) is 0 Å². The van der Waals surface area contributed by atoms with E-state index in [0.29, 0.717) is 0 Å². The van der Waals surface area contributed by atoms with Gasteiger partial charge in [0.2, 0.25) is 0 Å². The fourth-order valence-corrected chi connectivity index (χ4v) is 4.37. The molecule has 0 aromatic carbocycles. The summed E-state index contributed by atoms with van der Waals surface area (Å²) in [5.74, 6) is 0. The summed E-state index contributed by atoms with van der Waals surface area (Å²) in [5, 5.41) is 0. The Hall–Kier alpha value is 0.251. The molecule has 0 aliphatic carbocycles. The van der Waals surface area contributed by atoms with E-state index in [9.17, 15) is 0 Å². The Morgan fingerprint density at radius 3 is 1.38 bits per heavy atom. The molecule has 0 bridgehead atoms. The molecule has 0 aliphatic heterocycles. The fourth-order valence-electron chi connectivity index (χ4n) is 0.435. The first-order chi connectivity index (χ1) is 5.41. The van der Waals surface area contributed by atoms with Gasteiger partial charge < -0.3 is 42.5 Å². The lowest BCUT2D eigenvalue weighted by atomic mass is 13.9. The molecule has 0 aromatic rings. The highest BCUT2D eigenvalue weighted by Crippen LogP contribution is 1.99. The van der Waals surface area contributed by atoms with Crippen LogP contribution in [0.15, 0.2) is 0 Å². The summed E-state index contributed by atoms with van der Waals surface area (Å²) in [4.78, 5) is 66.9. The van der Waals surface area contributed by atoms with Crippen molar-refractivity contribution < 1.29 is 42.5 Å². The van der Waals surface area contributed by atoms with Crippen LogP contribution >= 0.6 is 0 Å². The minimum atomic E-state index is -5.20. The van der Waals surface area contributed by atoms with Gasteiger partial charge in [-0.3, -0.25) is 0 Å². The summed E-state index contributed by atoms with van der Waals surface area (Å²) in [6.45, 7) is 0. The maximum Gasteiger partial charge on any atom is 0.664 e. The minimum absolute atomic E-state index is 1.04. The molecule has 9 N–H and O–H groups in total. The molecular weight excluding hydrogens is 242 g/mol. The van der Waals surface area contributed by atoms with Gasteiger partial charge in [-0.1, -0.05) is 0 Å². The van der Waals surface area contributed by atoms with Crippen LogP contribution < -0.4 is 4.65 Å². The van der Waals surface area contributed by atoms with Gasteiger partial charge in [0.15, 0.2) is 0 Å². The average Bonchev–Trinajstić information content (AvgIpc) is 1.43. The Morgan fingerprint density at radius 1 is 0.769 bits per heavy atom. The Bertz CT molecular complexity index is 147. The Morgan fingerprint density at radius 2 is 1.15 bits per heavy atom. The minimum Gasteiger partial charge on any atom is -0.378 e. The van der Waals surface area contributed by atoms with Crippen LogP contribution in [-0.2, 0) is 4.12 Å². The van der Waals surface area contributed by atoms with Crippen molar-refractivity contribution in [2.45, 2.75) is 0 Å². The molecule has 13 heteroatoms. The number of hydrogen-bond acceptors (Lipinski definition) is 10. The van der Waals surface area contributed by atoms with Gasteiger partial charge in [-0.2, -0.15) is 0 Å². The zero-order valence-corrected chi connectivity index (χ0v) is 8.99. The molecule has 0 spiro atoms. The van der Waals surface area contributed by atoms with E-state index in [4.69, 9.17) is 38.4 Å². The molecule has 0 unspecified atom stereocenters. The summed E-state index contributed by atoms with van der Waals surface area (Å²) >= 11 is 0. The SMILES string of the molecule is O[Si](O)(O)N[Si](O)(O)O[Si](O)(O)O. The van der Waals surface area contributed by atoms with Crippen LogP contribution in [0.2, 0.25) is 0 Å². The van der Waals surface area contributed by atoms with Gasteiger partial charge in [-0.25, -0.2) is 4.65 Å². The van der Waals surface area contributed by atoms with E-state index >= 15 is 0 Å². The van der Waals surface area contributed by atoms with Crippen molar-refractivity contribution in [1.82, 2.24) is 4.65 Å². The molecule has 0 radical (unpaired) electrons. The summed E-state index contributed by atoms with van der Waals surface area (Å²) in [7, 11) is -15.3. The standard InChI is InChI=1S/H9NO9Si3/c2-11(3,4)1-12(5,6)10-13(7,8)9/h1-9H. The lowest BCUT2D eigenvalue weighted by Crippen LogP contribution is -2.71. The monoisotopic (exact) mass is 251 g/mol. The van der Waals surface area contributed by atoms with Crippen LogP contribution in [0.1, 0.15) is 0 Å². The second-order valence-corrected chi connectivity index (χ2v) is 7.50. The lowest BCUT2D eigenvalue weighted by Gasteiger charge is -2.23. The first-order valence-corrected chi connectivity index (χ1v) is 8.09. The quantitative estimate of drug-likeness (QED) is 0.218. The van der Waals surface area contributed by atoms with E-state index in [-0.39, 0.29) is 0 Å². The molecule has 0 saturated heterocycles. The number of hydrogen-bond donors (Lipinski definition) is 9. The van der Waals surface area contributed by atoms with E-state index in [1.165, 1.54) is 0 Å². The van der Waals surface area contributed by atoms with Crippen LogP contribution in [0, 0.1) is 0 Å². The number of nitrogens with one attached hydrogen (secondary N) is 1. The van der Waals surface area contributed by atoms with Crippen molar-refractivity contribution in [3.05, 3.63) is 0 Å². The van der Waals surface area contributed by atoms with Gasteiger partial charge >= 0.3 is 27.0 Å². The molecule has 13 heavy (non-hydrogen) atoms. The van der Waals surface area contributed by atoms with Crippen molar-refractivity contribution in [1.29, 1.82) is 0 Å². The van der Waals surface area contributed by atoms with E-state index in [1.807, 2.05) is 0 Å². The second kappa shape index (κ2) is 3.78. The second-order valence-electron chi connectivity index (χ2n) is 2.04. The third kappa shape index (κ3) is 8.58. The predicted molar refractivity (Wildman–Crippen MR) is 39.2 cm³/mol. The highest BCUT2D eigenvalue weighted by Gasteiger charge is 2.52. The third-order valence-corrected chi connectivity index (χ3v) is 5.49. The summed E-state index contributed by atoms with van der Waals surface area (Å²) in [6, 6.07) is 0. The summed E-state index contributed by atoms with van der Waals surface area (Å²) < 4.78 is 4.54. The molecule has 0 aromatic heterocycles. The largest absolute Gasteiger partial charge is 0.664 e. The first-order valence-electron chi connectivity index (χ1n) is 2.70. The fraction of sp³-hybridized carbons (Fsp3) is 0. The third-order valence-electron chi connectivity index (χ3n) is 0.610. The number of rotatable bonds is 4. The Labute approximate surface area is 74.9 Å². The zero-order chi connectivity index (χ0) is 10.9. The Kier molecular flexibility index (Phi) is 3.85. The molecule has 80 valence electrons. The summed E-state index contributed by atoms with van der Waals surface area (Å²) in [6.07, 6.45) is 0. The molecular formula is H9NO9Si3. The molecule has 0 fully saturated rings. The predicted octanol–water partition coefficient (Wildman–Crippen LogP) is -6.16. The van der Waals surface area contributed by atoms with Crippen LogP contribution in [0.4, 0.5) is 0 Å². The van der Waals surface area contributed by atoms with E-state index in [0.717, 1.165) is 4.65 Å². The van der Waals surface area contributed by atoms with Crippen LogP contribution in [0.5, 0.6) is 0 Å². The Balaban J connectivity index is 4.25. The maximum absolute atomic E-state index is 8.66. The molecule has 0 heterocycles. The van der Waals surface area contributed by atoms with E-state index in [2.05, 4.69) is 4.12 Å². The smallest absolute Gasteiger partial charge is 0.378 e. The average molecular weight is 251 g/mol. The molecule has 0 saturated carbocycles. The molecule has 0 amide bonds. The molecule has 10 nitrogen and oxygen atoms in total. The van der Waals surface area contributed by atoms with Gasteiger partial charge in [0.1, 0.15) is 0 Å². The maximum atomic E-state index is 8.66. The van der Waals surface area contributed by atoms with Gasteiger partial charge in [-0.15, -0.1) is 0 Å². The van der Waals surface area contributed by atoms with Crippen molar-refractivity contribution in [2.75, 3.05) is 0 Å². The van der Waals surface area contributed by atoms with Crippen molar-refractivity contribution >= 4 is 27.0 Å². The lowest BCUT2D eigenvalue weighted by molar-refractivity contribution is 0.0762. The van der Waals surface area contributed by atoms with Crippen molar-refractivity contribution in [2.24, 2.45) is 0 Å². The molecule has 0 atom stereocenters. The highest BCUT2D eigenvalue weighted by atomic mass is 28.5. The highest BCUT2D eigenvalue weighted by molar-refractivity contribution is 6.76. The van der Waals surface area contributed by atoms with Crippen LogP contribution in [0.25, 0.3) is 0 Å². The van der Waals surface area contributed by atoms with Crippen molar-refractivity contribution in [3.8, 4) is 0 Å². The topological polar surface area (TPSA) is 183 Å². The molecule has 0 rings (SSSR count). The van der Waals surface area contributed by atoms with Gasteiger partial charge in [0, 0.05) is 0 Å². The van der Waals surface area contributed by atoms with Crippen LogP contribution in [0.3, 0.4) is 0 Å². The van der Waals surface area contributed by atoms with Crippen molar-refractivity contribution in [3.63, 3.8) is 0 Å². The van der Waals surface area contributed by atoms with Gasteiger partial charge in [0.25, 0.3) is 0 Å². The molecule has 0 aliphatic rings. The first kappa shape index (κ1) is 13.3.